The van der Waals surface area contributed by atoms with Gasteiger partial charge in [-0.15, -0.1) is 13.2 Å². The second kappa shape index (κ2) is 7.52. The van der Waals surface area contributed by atoms with Crippen molar-refractivity contribution in [3.05, 3.63) is 76.1 Å². The van der Waals surface area contributed by atoms with E-state index in [1.807, 2.05) is 25.1 Å². The minimum Gasteiger partial charge on any atom is -0.399 e. The molecule has 1 aliphatic rings. The normalized spacial score (nSPS) is 16.6. The van der Waals surface area contributed by atoms with Gasteiger partial charge in [0.25, 0.3) is 0 Å². The number of fused-ring (bicyclic) bond motifs is 2. The Bertz CT molecular complexity index is 1120. The van der Waals surface area contributed by atoms with E-state index in [1.54, 1.807) is 12.1 Å². The van der Waals surface area contributed by atoms with Crippen molar-refractivity contribution in [1.29, 1.82) is 0 Å². The Balaban J connectivity index is 1.69. The molecule has 158 valence electrons. The fourth-order valence-corrected chi connectivity index (χ4v) is 4.20. The second-order valence-electron chi connectivity index (χ2n) is 7.50. The first kappa shape index (κ1) is 20.6. The quantitative estimate of drug-likeness (QED) is 0.412. The summed E-state index contributed by atoms with van der Waals surface area (Å²) >= 11 is 0. The first-order valence-corrected chi connectivity index (χ1v) is 9.64. The lowest BCUT2D eigenvalue weighted by Crippen LogP contribution is -2.21. The molecule has 7 heteroatoms. The van der Waals surface area contributed by atoms with E-state index in [1.165, 1.54) is 0 Å². The molecule has 0 radical (unpaired) electrons. The summed E-state index contributed by atoms with van der Waals surface area (Å²) in [5.41, 5.74) is 1.75. The summed E-state index contributed by atoms with van der Waals surface area (Å²) in [5, 5.41) is 1.25. The van der Waals surface area contributed by atoms with Crippen molar-refractivity contribution in [2.24, 2.45) is 0 Å². The van der Waals surface area contributed by atoms with Crippen molar-refractivity contribution in [3.8, 4) is 5.75 Å². The number of rotatable bonds is 3. The summed E-state index contributed by atoms with van der Waals surface area (Å²) < 4.78 is 84.6. The summed E-state index contributed by atoms with van der Waals surface area (Å²) in [6, 6.07) is 9.87. The van der Waals surface area contributed by atoms with Crippen LogP contribution >= 0.6 is 0 Å². The molecule has 0 heterocycles. The van der Waals surface area contributed by atoms with Crippen molar-refractivity contribution >= 4 is 10.8 Å². The largest absolute Gasteiger partial charge is 0.573 e. The Hall–Kier alpha value is -2.70. The maximum Gasteiger partial charge on any atom is 0.573 e. The molecule has 0 saturated heterocycles. The number of hydrogen-bond donors (Lipinski definition) is 0. The van der Waals surface area contributed by atoms with Crippen LogP contribution in [0.3, 0.4) is 0 Å². The topological polar surface area (TPSA) is 9.23 Å². The number of alkyl halides is 3. The third-order valence-electron chi connectivity index (χ3n) is 5.69. The molecule has 0 aromatic heterocycles. The summed E-state index contributed by atoms with van der Waals surface area (Å²) in [4.78, 5) is 0. The minimum atomic E-state index is -5.20. The zero-order valence-corrected chi connectivity index (χ0v) is 16.0. The monoisotopic (exact) mass is 424 g/mol. The molecule has 1 nitrogen and oxygen atoms in total. The lowest BCUT2D eigenvalue weighted by Gasteiger charge is -2.27. The highest BCUT2D eigenvalue weighted by Gasteiger charge is 2.36. The summed E-state index contributed by atoms with van der Waals surface area (Å²) in [7, 11) is 0. The molecule has 4 rings (SSSR count). The summed E-state index contributed by atoms with van der Waals surface area (Å²) in [6.45, 7) is 2.01. The van der Waals surface area contributed by atoms with E-state index in [-0.39, 0.29) is 35.7 Å². The van der Waals surface area contributed by atoms with Gasteiger partial charge in [-0.2, -0.15) is 0 Å². The number of benzene rings is 3. The average molecular weight is 424 g/mol. The van der Waals surface area contributed by atoms with Gasteiger partial charge < -0.3 is 4.74 Å². The molecule has 0 amide bonds. The predicted molar refractivity (Wildman–Crippen MR) is 101 cm³/mol. The van der Waals surface area contributed by atoms with E-state index < -0.39 is 23.7 Å². The van der Waals surface area contributed by atoms with Crippen LogP contribution in [-0.4, -0.2) is 6.36 Å². The van der Waals surface area contributed by atoms with Crippen LogP contribution in [0.1, 0.15) is 41.5 Å². The van der Waals surface area contributed by atoms with E-state index in [0.717, 1.165) is 23.4 Å². The molecule has 0 aliphatic heterocycles. The van der Waals surface area contributed by atoms with Crippen LogP contribution in [0.4, 0.5) is 26.3 Å². The SMILES string of the molecule is CCc1ccc2c(F)c(C3CCc4c(cc(F)c(OC(F)(F)F)c4F)C3)ccc2c1. The van der Waals surface area contributed by atoms with E-state index in [2.05, 4.69) is 4.74 Å². The van der Waals surface area contributed by atoms with E-state index >= 15 is 4.39 Å². The summed E-state index contributed by atoms with van der Waals surface area (Å²) in [5.74, 6) is -4.91. The molecule has 0 saturated carbocycles. The molecule has 0 spiro atoms. The van der Waals surface area contributed by atoms with Gasteiger partial charge in [-0.3, -0.25) is 0 Å². The van der Waals surface area contributed by atoms with E-state index in [9.17, 15) is 22.0 Å². The fourth-order valence-electron chi connectivity index (χ4n) is 4.20. The first-order chi connectivity index (χ1) is 14.2. The molecule has 30 heavy (non-hydrogen) atoms. The number of aryl methyl sites for hydroxylation is 1. The molecular weight excluding hydrogens is 406 g/mol. The van der Waals surface area contributed by atoms with Crippen LogP contribution in [0, 0.1) is 17.5 Å². The highest BCUT2D eigenvalue weighted by atomic mass is 19.4. The van der Waals surface area contributed by atoms with Gasteiger partial charge in [0.05, 0.1) is 0 Å². The van der Waals surface area contributed by atoms with Crippen molar-refractivity contribution in [3.63, 3.8) is 0 Å². The van der Waals surface area contributed by atoms with Gasteiger partial charge in [-0.05, 0) is 65.3 Å². The third kappa shape index (κ3) is 3.73. The van der Waals surface area contributed by atoms with Gasteiger partial charge in [0, 0.05) is 5.39 Å². The minimum absolute atomic E-state index is 0.0133. The van der Waals surface area contributed by atoms with Crippen LogP contribution in [0.2, 0.25) is 0 Å². The van der Waals surface area contributed by atoms with Crippen molar-refractivity contribution in [2.45, 2.75) is 44.9 Å². The lowest BCUT2D eigenvalue weighted by atomic mass is 9.79. The molecule has 1 atom stereocenters. The Labute approximate surface area is 169 Å². The highest BCUT2D eigenvalue weighted by Crippen LogP contribution is 2.40. The Morgan fingerprint density at radius 1 is 1.00 bits per heavy atom. The first-order valence-electron chi connectivity index (χ1n) is 9.64. The Morgan fingerprint density at radius 3 is 2.47 bits per heavy atom. The van der Waals surface area contributed by atoms with Crippen LogP contribution in [0.5, 0.6) is 5.75 Å². The molecule has 1 unspecified atom stereocenters. The average Bonchev–Trinajstić information content (AvgIpc) is 2.70. The Morgan fingerprint density at radius 2 is 1.77 bits per heavy atom. The van der Waals surface area contributed by atoms with Gasteiger partial charge in [0.2, 0.25) is 5.75 Å². The zero-order valence-electron chi connectivity index (χ0n) is 16.0. The smallest absolute Gasteiger partial charge is 0.399 e. The van der Waals surface area contributed by atoms with E-state index in [4.69, 9.17) is 0 Å². The molecule has 0 bridgehead atoms. The summed E-state index contributed by atoms with van der Waals surface area (Å²) in [6.07, 6.45) is -3.84. The molecule has 0 fully saturated rings. The predicted octanol–water partition coefficient (Wildman–Crippen LogP) is 6.99. The Kier molecular flexibility index (Phi) is 5.16. The van der Waals surface area contributed by atoms with Crippen molar-refractivity contribution in [1.82, 2.24) is 0 Å². The number of halogens is 6. The van der Waals surface area contributed by atoms with Gasteiger partial charge in [-0.1, -0.05) is 37.3 Å². The molecular formula is C23H18F6O. The highest BCUT2D eigenvalue weighted by molar-refractivity contribution is 5.84. The second-order valence-corrected chi connectivity index (χ2v) is 7.50. The van der Waals surface area contributed by atoms with Gasteiger partial charge >= 0.3 is 6.36 Å². The lowest BCUT2D eigenvalue weighted by molar-refractivity contribution is -0.276. The third-order valence-corrected chi connectivity index (χ3v) is 5.69. The number of ether oxygens (including phenoxy) is 1. The fraction of sp³-hybridized carbons (Fsp3) is 0.304. The zero-order chi connectivity index (χ0) is 21.6. The van der Waals surface area contributed by atoms with Crippen LogP contribution in [0.25, 0.3) is 10.8 Å². The maximum atomic E-state index is 15.2. The van der Waals surface area contributed by atoms with Crippen LogP contribution in [-0.2, 0) is 19.3 Å². The molecule has 1 aliphatic carbocycles. The standard InChI is InChI=1S/C23H18F6O/c1-2-12-3-6-16-13(9-12)4-7-17(20(16)25)14-5-8-18-15(10-14)11-19(24)22(21(18)26)30-23(27,28)29/h3-4,6-7,9,11,14H,2,5,8,10H2,1H3. The van der Waals surface area contributed by atoms with E-state index in [0.29, 0.717) is 17.4 Å². The molecule has 3 aromatic rings. The maximum absolute atomic E-state index is 15.2. The van der Waals surface area contributed by atoms with Crippen molar-refractivity contribution < 1.29 is 31.1 Å². The van der Waals surface area contributed by atoms with Gasteiger partial charge in [-0.25, -0.2) is 13.2 Å². The molecule has 0 N–H and O–H groups in total. The number of hydrogen-bond acceptors (Lipinski definition) is 1. The van der Waals surface area contributed by atoms with Crippen molar-refractivity contribution in [2.75, 3.05) is 0 Å². The van der Waals surface area contributed by atoms with Gasteiger partial charge in [0.15, 0.2) is 11.6 Å². The van der Waals surface area contributed by atoms with Crippen LogP contribution < -0.4 is 4.74 Å². The van der Waals surface area contributed by atoms with Gasteiger partial charge in [0.1, 0.15) is 5.82 Å². The molecule has 3 aromatic carbocycles. The van der Waals surface area contributed by atoms with Crippen LogP contribution in [0.15, 0.2) is 36.4 Å².